The molecule has 0 saturated carbocycles. The van der Waals surface area contributed by atoms with E-state index in [1.54, 1.807) is 7.11 Å². The van der Waals surface area contributed by atoms with Gasteiger partial charge in [-0.25, -0.2) is 0 Å². The number of hydrogen-bond donors (Lipinski definition) is 1. The van der Waals surface area contributed by atoms with Crippen LogP contribution in [0.3, 0.4) is 0 Å². The Bertz CT molecular complexity index is 345. The van der Waals surface area contributed by atoms with Crippen molar-refractivity contribution >= 4 is 15.9 Å². The lowest BCUT2D eigenvalue weighted by atomic mass is 9.93. The lowest BCUT2D eigenvalue weighted by Crippen LogP contribution is -2.25. The molecule has 20 heavy (non-hydrogen) atoms. The molecule has 0 spiro atoms. The van der Waals surface area contributed by atoms with E-state index in [2.05, 4.69) is 52.4 Å². The van der Waals surface area contributed by atoms with Gasteiger partial charge < -0.3 is 10.1 Å². The molecule has 0 aliphatic heterocycles. The Morgan fingerprint density at radius 3 is 2.80 bits per heavy atom. The molecule has 0 amide bonds. The molecule has 0 aliphatic carbocycles. The molecule has 1 aromatic rings. The standard InChI is InChI=1S/C17H28BrNO/c1-3-4-5-6-8-16(14-19-11-12-20-2)15-9-7-10-17(18)13-15/h7,9-10,13,16,19H,3-6,8,11-12,14H2,1-2H3. The highest BCUT2D eigenvalue weighted by Gasteiger charge is 2.11. The Kier molecular flexibility index (Phi) is 9.98. The van der Waals surface area contributed by atoms with Crippen molar-refractivity contribution in [1.82, 2.24) is 5.32 Å². The van der Waals surface area contributed by atoms with E-state index in [1.807, 2.05) is 0 Å². The highest BCUT2D eigenvalue weighted by atomic mass is 79.9. The smallest absolute Gasteiger partial charge is 0.0587 e. The number of hydrogen-bond acceptors (Lipinski definition) is 2. The van der Waals surface area contributed by atoms with Crippen molar-refractivity contribution in [3.05, 3.63) is 34.3 Å². The van der Waals surface area contributed by atoms with E-state index in [9.17, 15) is 0 Å². The first-order chi connectivity index (χ1) is 9.77. The van der Waals surface area contributed by atoms with E-state index in [1.165, 1.54) is 42.1 Å². The van der Waals surface area contributed by atoms with E-state index >= 15 is 0 Å². The van der Waals surface area contributed by atoms with Crippen LogP contribution in [0.4, 0.5) is 0 Å². The number of methoxy groups -OCH3 is 1. The number of ether oxygens (including phenoxy) is 1. The third kappa shape index (κ3) is 7.41. The van der Waals surface area contributed by atoms with Crippen molar-refractivity contribution in [2.24, 2.45) is 0 Å². The molecule has 0 fully saturated rings. The van der Waals surface area contributed by atoms with E-state index in [4.69, 9.17) is 4.74 Å². The third-order valence-electron chi connectivity index (χ3n) is 3.60. The van der Waals surface area contributed by atoms with E-state index in [0.29, 0.717) is 5.92 Å². The maximum atomic E-state index is 5.09. The van der Waals surface area contributed by atoms with Crippen LogP contribution in [-0.2, 0) is 4.74 Å². The van der Waals surface area contributed by atoms with Gasteiger partial charge in [-0.05, 0) is 30.0 Å². The second kappa shape index (κ2) is 11.3. The number of rotatable bonds is 11. The summed E-state index contributed by atoms with van der Waals surface area (Å²) in [4.78, 5) is 0. The second-order valence-corrected chi connectivity index (χ2v) is 6.21. The van der Waals surface area contributed by atoms with Gasteiger partial charge in [0.25, 0.3) is 0 Å². The molecule has 114 valence electrons. The first-order valence-corrected chi connectivity index (χ1v) is 8.52. The van der Waals surface area contributed by atoms with Crippen LogP contribution < -0.4 is 5.32 Å². The minimum absolute atomic E-state index is 0.598. The highest BCUT2D eigenvalue weighted by molar-refractivity contribution is 9.10. The van der Waals surface area contributed by atoms with Crippen LogP contribution in [0.5, 0.6) is 0 Å². The molecule has 0 aromatic heterocycles. The molecule has 1 atom stereocenters. The normalized spacial score (nSPS) is 12.6. The van der Waals surface area contributed by atoms with Crippen LogP contribution in [0, 0.1) is 0 Å². The van der Waals surface area contributed by atoms with Crippen molar-refractivity contribution in [3.63, 3.8) is 0 Å². The molecule has 1 unspecified atom stereocenters. The maximum absolute atomic E-state index is 5.09. The van der Waals surface area contributed by atoms with Crippen LogP contribution in [0.2, 0.25) is 0 Å². The van der Waals surface area contributed by atoms with Gasteiger partial charge in [0.2, 0.25) is 0 Å². The molecule has 0 radical (unpaired) electrons. The fourth-order valence-corrected chi connectivity index (χ4v) is 2.83. The molecular weight excluding hydrogens is 314 g/mol. The van der Waals surface area contributed by atoms with Gasteiger partial charge in [0.15, 0.2) is 0 Å². The molecule has 3 heteroatoms. The molecule has 2 nitrogen and oxygen atoms in total. The van der Waals surface area contributed by atoms with Crippen molar-refractivity contribution in [3.8, 4) is 0 Å². The molecule has 0 aliphatic rings. The number of halogens is 1. The third-order valence-corrected chi connectivity index (χ3v) is 4.09. The fourth-order valence-electron chi connectivity index (χ4n) is 2.42. The summed E-state index contributed by atoms with van der Waals surface area (Å²) in [5.74, 6) is 0.598. The van der Waals surface area contributed by atoms with E-state index in [-0.39, 0.29) is 0 Å². The summed E-state index contributed by atoms with van der Waals surface area (Å²) in [6, 6.07) is 8.72. The quantitative estimate of drug-likeness (QED) is 0.587. The summed E-state index contributed by atoms with van der Waals surface area (Å²) in [7, 11) is 1.75. The van der Waals surface area contributed by atoms with E-state index in [0.717, 1.165) is 19.7 Å². The summed E-state index contributed by atoms with van der Waals surface area (Å²) in [5.41, 5.74) is 1.43. The van der Waals surface area contributed by atoms with Crippen molar-refractivity contribution < 1.29 is 4.74 Å². The van der Waals surface area contributed by atoms with Gasteiger partial charge in [0.05, 0.1) is 6.61 Å². The number of unbranched alkanes of at least 4 members (excludes halogenated alkanes) is 3. The summed E-state index contributed by atoms with van der Waals surface area (Å²) >= 11 is 3.58. The molecule has 1 rings (SSSR count). The second-order valence-electron chi connectivity index (χ2n) is 5.30. The van der Waals surface area contributed by atoms with Gasteiger partial charge >= 0.3 is 0 Å². The predicted octanol–water partition coefficient (Wildman–Crippen LogP) is 4.74. The summed E-state index contributed by atoms with van der Waals surface area (Å²) in [6.45, 7) is 5.00. The van der Waals surface area contributed by atoms with Gasteiger partial charge in [-0.2, -0.15) is 0 Å². The Balaban J connectivity index is 2.49. The largest absolute Gasteiger partial charge is 0.383 e. The van der Waals surface area contributed by atoms with Gasteiger partial charge in [-0.15, -0.1) is 0 Å². The average Bonchev–Trinajstić information content (AvgIpc) is 2.45. The van der Waals surface area contributed by atoms with Crippen LogP contribution in [0.15, 0.2) is 28.7 Å². The molecule has 0 heterocycles. The Hall–Kier alpha value is -0.380. The molecule has 1 aromatic carbocycles. The Morgan fingerprint density at radius 2 is 2.10 bits per heavy atom. The van der Waals surface area contributed by atoms with Crippen molar-refractivity contribution in [2.75, 3.05) is 26.8 Å². The SMILES string of the molecule is CCCCCCC(CNCCOC)c1cccc(Br)c1. The Labute approximate surface area is 132 Å². The molecule has 0 bridgehead atoms. The molecule has 0 saturated heterocycles. The zero-order chi connectivity index (χ0) is 14.6. The minimum atomic E-state index is 0.598. The van der Waals surface area contributed by atoms with Gasteiger partial charge in [0, 0.05) is 24.7 Å². The monoisotopic (exact) mass is 341 g/mol. The van der Waals surface area contributed by atoms with Crippen LogP contribution >= 0.6 is 15.9 Å². The summed E-state index contributed by atoms with van der Waals surface area (Å²) in [6.07, 6.45) is 6.57. The summed E-state index contributed by atoms with van der Waals surface area (Å²) < 4.78 is 6.26. The first-order valence-electron chi connectivity index (χ1n) is 7.73. The molecule has 1 N–H and O–H groups in total. The first kappa shape index (κ1) is 17.7. The minimum Gasteiger partial charge on any atom is -0.383 e. The van der Waals surface area contributed by atoms with E-state index < -0.39 is 0 Å². The molecular formula is C17H28BrNO. The maximum Gasteiger partial charge on any atom is 0.0587 e. The fraction of sp³-hybridized carbons (Fsp3) is 0.647. The Morgan fingerprint density at radius 1 is 1.25 bits per heavy atom. The van der Waals surface area contributed by atoms with Crippen LogP contribution in [-0.4, -0.2) is 26.8 Å². The zero-order valence-electron chi connectivity index (χ0n) is 12.8. The van der Waals surface area contributed by atoms with Crippen molar-refractivity contribution in [2.45, 2.75) is 44.9 Å². The van der Waals surface area contributed by atoms with Gasteiger partial charge in [0.1, 0.15) is 0 Å². The van der Waals surface area contributed by atoms with Crippen LogP contribution in [0.1, 0.15) is 50.5 Å². The lowest BCUT2D eigenvalue weighted by Gasteiger charge is -2.18. The van der Waals surface area contributed by atoms with Gasteiger partial charge in [-0.1, -0.05) is 60.7 Å². The number of nitrogens with one attached hydrogen (secondary N) is 1. The topological polar surface area (TPSA) is 21.3 Å². The zero-order valence-corrected chi connectivity index (χ0v) is 14.4. The average molecular weight is 342 g/mol. The van der Waals surface area contributed by atoms with Crippen molar-refractivity contribution in [1.29, 1.82) is 0 Å². The predicted molar refractivity (Wildman–Crippen MR) is 90.4 cm³/mol. The summed E-state index contributed by atoms with van der Waals surface area (Å²) in [5, 5.41) is 3.50. The highest BCUT2D eigenvalue weighted by Crippen LogP contribution is 2.24. The lowest BCUT2D eigenvalue weighted by molar-refractivity contribution is 0.198. The van der Waals surface area contributed by atoms with Crippen LogP contribution in [0.25, 0.3) is 0 Å². The number of benzene rings is 1. The van der Waals surface area contributed by atoms with Gasteiger partial charge in [-0.3, -0.25) is 0 Å².